The van der Waals surface area contributed by atoms with Crippen molar-refractivity contribution in [1.29, 1.82) is 0 Å². The monoisotopic (exact) mass is 299 g/mol. The molecule has 0 heterocycles. The smallest absolute Gasteiger partial charge is 0.0318 e. The Morgan fingerprint density at radius 3 is 2.53 bits per heavy atom. The van der Waals surface area contributed by atoms with E-state index < -0.39 is 0 Å². The molecule has 0 fully saturated rings. The molecule has 1 aromatic rings. The minimum atomic E-state index is 0.824. The van der Waals surface area contributed by atoms with Crippen LogP contribution in [0.5, 0.6) is 0 Å². The van der Waals surface area contributed by atoms with Gasteiger partial charge in [-0.3, -0.25) is 0 Å². The molecule has 1 aromatic carbocycles. The summed E-state index contributed by atoms with van der Waals surface area (Å²) in [5.41, 5.74) is 7.87. The lowest BCUT2D eigenvalue weighted by atomic mass is 10.2. The zero-order valence-electron chi connectivity index (χ0n) is 10.9. The van der Waals surface area contributed by atoms with Gasteiger partial charge in [-0.2, -0.15) is 0 Å². The summed E-state index contributed by atoms with van der Waals surface area (Å²) < 4.78 is 1.13. The molecular weight excluding hydrogens is 278 g/mol. The first kappa shape index (κ1) is 14.5. The minimum absolute atomic E-state index is 0.824. The predicted octanol–water partition coefficient (Wildman–Crippen LogP) is 2.41. The van der Waals surface area contributed by atoms with Crippen LogP contribution in [0.4, 0.5) is 5.69 Å². The highest BCUT2D eigenvalue weighted by molar-refractivity contribution is 9.10. The fourth-order valence-corrected chi connectivity index (χ4v) is 2.11. The van der Waals surface area contributed by atoms with Gasteiger partial charge in [0, 0.05) is 16.7 Å². The van der Waals surface area contributed by atoms with Gasteiger partial charge in [-0.1, -0.05) is 15.9 Å². The third-order valence-electron chi connectivity index (χ3n) is 2.66. The number of nitrogens with zero attached hydrogens (tertiary/aromatic N) is 2. The summed E-state index contributed by atoms with van der Waals surface area (Å²) in [6, 6.07) is 5.96. The van der Waals surface area contributed by atoms with Gasteiger partial charge in [0.15, 0.2) is 0 Å². The van der Waals surface area contributed by atoms with Crippen LogP contribution < -0.4 is 5.73 Å². The topological polar surface area (TPSA) is 32.5 Å². The quantitative estimate of drug-likeness (QED) is 0.819. The van der Waals surface area contributed by atoms with E-state index in [0.717, 1.165) is 29.8 Å². The average molecular weight is 300 g/mol. The Labute approximate surface area is 113 Å². The van der Waals surface area contributed by atoms with Crippen LogP contribution >= 0.6 is 15.9 Å². The van der Waals surface area contributed by atoms with Crippen LogP contribution in [0.1, 0.15) is 12.0 Å². The van der Waals surface area contributed by atoms with Crippen molar-refractivity contribution in [2.24, 2.45) is 0 Å². The second-order valence-corrected chi connectivity index (χ2v) is 5.60. The summed E-state index contributed by atoms with van der Waals surface area (Å²) in [4.78, 5) is 4.54. The van der Waals surface area contributed by atoms with Crippen molar-refractivity contribution < 1.29 is 0 Å². The maximum atomic E-state index is 5.80. The van der Waals surface area contributed by atoms with Gasteiger partial charge in [0.05, 0.1) is 0 Å². The van der Waals surface area contributed by atoms with E-state index in [2.05, 4.69) is 46.9 Å². The Hall–Kier alpha value is -0.580. The zero-order chi connectivity index (χ0) is 12.8. The maximum absolute atomic E-state index is 5.80. The average Bonchev–Trinajstić information content (AvgIpc) is 2.23. The molecule has 0 radical (unpaired) electrons. The Bertz CT molecular complexity index is 353. The molecule has 2 N–H and O–H groups in total. The zero-order valence-corrected chi connectivity index (χ0v) is 12.5. The van der Waals surface area contributed by atoms with Gasteiger partial charge in [-0.05, 0) is 64.4 Å². The third kappa shape index (κ3) is 5.52. The Balaban J connectivity index is 2.44. The number of anilines is 1. The summed E-state index contributed by atoms with van der Waals surface area (Å²) in [5, 5.41) is 0. The number of benzene rings is 1. The van der Waals surface area contributed by atoms with E-state index in [1.807, 2.05) is 18.2 Å². The van der Waals surface area contributed by atoms with Crippen LogP contribution in [0, 0.1) is 0 Å². The van der Waals surface area contributed by atoms with Crippen LogP contribution in [-0.2, 0) is 6.54 Å². The SMILES string of the molecule is CN(C)CCCN(C)Cc1cc(N)ccc1Br. The number of nitrogen functional groups attached to an aromatic ring is 1. The van der Waals surface area contributed by atoms with E-state index in [0.29, 0.717) is 0 Å². The van der Waals surface area contributed by atoms with E-state index in [1.165, 1.54) is 12.0 Å². The van der Waals surface area contributed by atoms with Gasteiger partial charge in [-0.25, -0.2) is 0 Å². The number of halogens is 1. The largest absolute Gasteiger partial charge is 0.399 e. The molecular formula is C13H22BrN3. The van der Waals surface area contributed by atoms with Gasteiger partial charge in [0.1, 0.15) is 0 Å². The molecule has 0 saturated heterocycles. The minimum Gasteiger partial charge on any atom is -0.399 e. The van der Waals surface area contributed by atoms with Gasteiger partial charge in [0.2, 0.25) is 0 Å². The first-order valence-electron chi connectivity index (χ1n) is 5.86. The molecule has 0 aliphatic rings. The third-order valence-corrected chi connectivity index (χ3v) is 3.43. The van der Waals surface area contributed by atoms with Crippen LogP contribution in [0.25, 0.3) is 0 Å². The van der Waals surface area contributed by atoms with Gasteiger partial charge < -0.3 is 15.5 Å². The van der Waals surface area contributed by atoms with Crippen LogP contribution in [0.2, 0.25) is 0 Å². The van der Waals surface area contributed by atoms with Crippen LogP contribution in [0.15, 0.2) is 22.7 Å². The van der Waals surface area contributed by atoms with Crippen molar-refractivity contribution in [2.45, 2.75) is 13.0 Å². The highest BCUT2D eigenvalue weighted by atomic mass is 79.9. The number of hydrogen-bond donors (Lipinski definition) is 1. The Kier molecular flexibility index (Phi) is 5.95. The first-order valence-corrected chi connectivity index (χ1v) is 6.65. The second kappa shape index (κ2) is 6.99. The number of hydrogen-bond acceptors (Lipinski definition) is 3. The number of rotatable bonds is 6. The van der Waals surface area contributed by atoms with Gasteiger partial charge >= 0.3 is 0 Å². The highest BCUT2D eigenvalue weighted by Crippen LogP contribution is 2.20. The standard InChI is InChI=1S/C13H22BrN3/c1-16(2)7-4-8-17(3)10-11-9-12(15)5-6-13(11)14/h5-6,9H,4,7-8,10,15H2,1-3H3. The molecule has 0 saturated carbocycles. The van der Waals surface area contributed by atoms with Crippen molar-refractivity contribution >= 4 is 21.6 Å². The summed E-state index contributed by atoms with van der Waals surface area (Å²) >= 11 is 3.56. The molecule has 17 heavy (non-hydrogen) atoms. The van der Waals surface area contributed by atoms with Crippen LogP contribution in [0.3, 0.4) is 0 Å². The molecule has 0 atom stereocenters. The molecule has 0 aliphatic heterocycles. The molecule has 0 unspecified atom stereocenters. The highest BCUT2D eigenvalue weighted by Gasteiger charge is 2.04. The van der Waals surface area contributed by atoms with Crippen molar-refractivity contribution in [2.75, 3.05) is 40.0 Å². The molecule has 0 aliphatic carbocycles. The summed E-state index contributed by atoms with van der Waals surface area (Å²) in [6.07, 6.45) is 1.18. The summed E-state index contributed by atoms with van der Waals surface area (Å²) in [7, 11) is 6.36. The molecule has 96 valence electrons. The van der Waals surface area contributed by atoms with Gasteiger partial charge in [-0.15, -0.1) is 0 Å². The maximum Gasteiger partial charge on any atom is 0.0318 e. The molecule has 4 heteroatoms. The Morgan fingerprint density at radius 1 is 1.18 bits per heavy atom. The lowest BCUT2D eigenvalue weighted by Crippen LogP contribution is -2.23. The van der Waals surface area contributed by atoms with E-state index >= 15 is 0 Å². The first-order chi connectivity index (χ1) is 7.99. The number of nitrogens with two attached hydrogens (primary N) is 1. The van der Waals surface area contributed by atoms with Gasteiger partial charge in [0.25, 0.3) is 0 Å². The lowest BCUT2D eigenvalue weighted by molar-refractivity contribution is 0.294. The molecule has 0 amide bonds. The normalized spacial score (nSPS) is 11.4. The summed E-state index contributed by atoms with van der Waals surface area (Å²) in [6.45, 7) is 3.15. The van der Waals surface area contributed by atoms with Crippen molar-refractivity contribution in [1.82, 2.24) is 9.80 Å². The molecule has 0 spiro atoms. The molecule has 3 nitrogen and oxygen atoms in total. The molecule has 0 aromatic heterocycles. The van der Waals surface area contributed by atoms with E-state index in [4.69, 9.17) is 5.73 Å². The van der Waals surface area contributed by atoms with Crippen molar-refractivity contribution in [3.63, 3.8) is 0 Å². The Morgan fingerprint density at radius 2 is 1.88 bits per heavy atom. The van der Waals surface area contributed by atoms with E-state index in [1.54, 1.807) is 0 Å². The van der Waals surface area contributed by atoms with E-state index in [9.17, 15) is 0 Å². The lowest BCUT2D eigenvalue weighted by Gasteiger charge is -2.19. The fraction of sp³-hybridized carbons (Fsp3) is 0.538. The van der Waals surface area contributed by atoms with Crippen LogP contribution in [-0.4, -0.2) is 44.0 Å². The predicted molar refractivity (Wildman–Crippen MR) is 78.1 cm³/mol. The fourth-order valence-electron chi connectivity index (χ4n) is 1.74. The molecule has 1 rings (SSSR count). The summed E-state index contributed by atoms with van der Waals surface area (Å²) in [5.74, 6) is 0. The van der Waals surface area contributed by atoms with Crippen molar-refractivity contribution in [3.8, 4) is 0 Å². The molecule has 0 bridgehead atoms. The van der Waals surface area contributed by atoms with Crippen molar-refractivity contribution in [3.05, 3.63) is 28.2 Å². The van der Waals surface area contributed by atoms with E-state index in [-0.39, 0.29) is 0 Å². The second-order valence-electron chi connectivity index (χ2n) is 4.75.